The van der Waals surface area contributed by atoms with Gasteiger partial charge in [-0.1, -0.05) is 60.7 Å². The highest BCUT2D eigenvalue weighted by Crippen LogP contribution is 2.35. The van der Waals surface area contributed by atoms with Crippen molar-refractivity contribution in [3.05, 3.63) is 82.8 Å². The number of nitrogens with zero attached hydrogens (tertiary/aromatic N) is 1. The first-order valence-electron chi connectivity index (χ1n) is 9.25. The molecule has 0 unspecified atom stereocenters. The van der Waals surface area contributed by atoms with Gasteiger partial charge in [0.1, 0.15) is 5.75 Å². The van der Waals surface area contributed by atoms with E-state index >= 15 is 0 Å². The van der Waals surface area contributed by atoms with Crippen LogP contribution in [0, 0.1) is 0 Å². The lowest BCUT2D eigenvalue weighted by atomic mass is 10.0. The van der Waals surface area contributed by atoms with Gasteiger partial charge in [-0.25, -0.2) is 0 Å². The lowest BCUT2D eigenvalue weighted by molar-refractivity contribution is -0.123. The fraction of sp³-hybridized carbons (Fsp3) is 0.0870. The molecule has 0 aromatic heterocycles. The number of para-hydroxylation sites is 1. The predicted octanol–water partition coefficient (Wildman–Crippen LogP) is 3.94. The number of hydrogen-bond donors (Lipinski definition) is 1. The Kier molecular flexibility index (Phi) is 5.54. The van der Waals surface area contributed by atoms with E-state index in [2.05, 4.69) is 0 Å². The Balaban J connectivity index is 1.60. The van der Waals surface area contributed by atoms with Crippen molar-refractivity contribution in [1.29, 1.82) is 0 Å². The molecule has 0 radical (unpaired) electrons. The van der Waals surface area contributed by atoms with Crippen LogP contribution in [0.4, 0.5) is 4.79 Å². The summed E-state index contributed by atoms with van der Waals surface area (Å²) in [7, 11) is 0. The van der Waals surface area contributed by atoms with Crippen molar-refractivity contribution in [3.63, 3.8) is 0 Å². The molecule has 1 aliphatic rings. The molecule has 3 aromatic rings. The summed E-state index contributed by atoms with van der Waals surface area (Å²) < 4.78 is 5.40. The normalized spacial score (nSPS) is 15.2. The Morgan fingerprint density at radius 2 is 1.73 bits per heavy atom. The Morgan fingerprint density at radius 1 is 1.00 bits per heavy atom. The van der Waals surface area contributed by atoms with Crippen LogP contribution in [-0.4, -0.2) is 28.6 Å². The molecule has 1 saturated heterocycles. The van der Waals surface area contributed by atoms with Gasteiger partial charge in [0.2, 0.25) is 0 Å². The Hall–Kier alpha value is -3.58. The van der Waals surface area contributed by atoms with E-state index in [1.807, 2.05) is 42.5 Å². The van der Waals surface area contributed by atoms with Gasteiger partial charge in [0.15, 0.2) is 6.61 Å². The molecule has 3 amide bonds. The zero-order valence-electron chi connectivity index (χ0n) is 15.9. The second kappa shape index (κ2) is 8.42. The van der Waals surface area contributed by atoms with Gasteiger partial charge in [-0.2, -0.15) is 0 Å². The maximum absolute atomic E-state index is 12.9. The van der Waals surface area contributed by atoms with E-state index in [0.29, 0.717) is 16.2 Å². The monoisotopic (exact) mass is 418 g/mol. The Morgan fingerprint density at radius 3 is 2.57 bits per heavy atom. The fourth-order valence-corrected chi connectivity index (χ4v) is 4.09. The van der Waals surface area contributed by atoms with Crippen molar-refractivity contribution >= 4 is 45.7 Å². The van der Waals surface area contributed by atoms with Crippen molar-refractivity contribution in [2.24, 2.45) is 5.73 Å². The lowest BCUT2D eigenvalue weighted by Crippen LogP contribution is -2.27. The number of ether oxygens (including phenoxy) is 1. The molecule has 7 heteroatoms. The number of nitrogens with two attached hydrogens (primary N) is 1. The van der Waals surface area contributed by atoms with Gasteiger partial charge in [0.25, 0.3) is 17.1 Å². The van der Waals surface area contributed by atoms with E-state index in [1.165, 1.54) is 4.90 Å². The van der Waals surface area contributed by atoms with Crippen LogP contribution in [0.25, 0.3) is 16.8 Å². The number of rotatable bonds is 6. The highest BCUT2D eigenvalue weighted by atomic mass is 32.2. The average Bonchev–Trinajstić information content (AvgIpc) is 3.00. The minimum absolute atomic E-state index is 0.198. The predicted molar refractivity (Wildman–Crippen MR) is 117 cm³/mol. The number of hydrogen-bond acceptors (Lipinski definition) is 5. The summed E-state index contributed by atoms with van der Waals surface area (Å²) in [5.41, 5.74) is 6.63. The van der Waals surface area contributed by atoms with E-state index in [0.717, 1.165) is 28.1 Å². The molecule has 3 aromatic carbocycles. The van der Waals surface area contributed by atoms with Crippen molar-refractivity contribution in [3.8, 4) is 5.75 Å². The number of benzene rings is 3. The molecular formula is C23H18N2O4S. The van der Waals surface area contributed by atoms with Gasteiger partial charge in [-0.3, -0.25) is 19.3 Å². The molecule has 4 rings (SSSR count). The highest BCUT2D eigenvalue weighted by Gasteiger charge is 2.35. The average molecular weight is 418 g/mol. The molecule has 2 N–H and O–H groups in total. The Bertz CT molecular complexity index is 1180. The number of imide groups is 1. The number of thioether (sulfide) groups is 1. The van der Waals surface area contributed by atoms with Crippen LogP contribution < -0.4 is 10.5 Å². The molecule has 0 atom stereocenters. The van der Waals surface area contributed by atoms with E-state index < -0.39 is 5.91 Å². The van der Waals surface area contributed by atoms with Gasteiger partial charge >= 0.3 is 0 Å². The van der Waals surface area contributed by atoms with E-state index in [1.54, 1.807) is 30.3 Å². The van der Waals surface area contributed by atoms with Gasteiger partial charge < -0.3 is 10.5 Å². The zero-order chi connectivity index (χ0) is 21.1. The van der Waals surface area contributed by atoms with E-state index in [4.69, 9.17) is 10.5 Å². The number of amides is 3. The summed E-state index contributed by atoms with van der Waals surface area (Å²) in [6, 6.07) is 20.6. The minimum atomic E-state index is -0.597. The molecule has 6 nitrogen and oxygen atoms in total. The largest absolute Gasteiger partial charge is 0.483 e. The van der Waals surface area contributed by atoms with Gasteiger partial charge in [-0.15, -0.1) is 0 Å². The second-order valence-corrected chi connectivity index (χ2v) is 7.69. The summed E-state index contributed by atoms with van der Waals surface area (Å²) in [4.78, 5) is 38.0. The first-order valence-corrected chi connectivity index (χ1v) is 10.1. The molecule has 0 aliphatic carbocycles. The number of primary amides is 1. The first kappa shape index (κ1) is 19.7. The molecular weight excluding hydrogens is 400 g/mol. The van der Waals surface area contributed by atoms with Crippen molar-refractivity contribution in [2.45, 2.75) is 6.54 Å². The number of carbonyl (C=O) groups is 3. The third-order valence-corrected chi connectivity index (χ3v) is 5.56. The van der Waals surface area contributed by atoms with E-state index in [9.17, 15) is 14.4 Å². The molecule has 1 heterocycles. The van der Waals surface area contributed by atoms with Gasteiger partial charge in [-0.05, 0) is 40.2 Å². The summed E-state index contributed by atoms with van der Waals surface area (Å²) in [6.45, 7) is -0.0728. The van der Waals surface area contributed by atoms with Crippen LogP contribution in [0.15, 0.2) is 71.6 Å². The maximum Gasteiger partial charge on any atom is 0.293 e. The third-order valence-electron chi connectivity index (χ3n) is 4.66. The second-order valence-electron chi connectivity index (χ2n) is 6.70. The quantitative estimate of drug-likeness (QED) is 0.613. The molecule has 150 valence electrons. The van der Waals surface area contributed by atoms with Crippen LogP contribution in [-0.2, 0) is 16.1 Å². The molecule has 30 heavy (non-hydrogen) atoms. The molecule has 0 spiro atoms. The molecule has 0 saturated carbocycles. The number of fused-ring (bicyclic) bond motifs is 1. The summed E-state index contributed by atoms with van der Waals surface area (Å²) in [6.07, 6.45) is 1.60. The summed E-state index contributed by atoms with van der Waals surface area (Å²) >= 11 is 0.886. The van der Waals surface area contributed by atoms with Crippen LogP contribution in [0.5, 0.6) is 5.75 Å². The lowest BCUT2D eigenvalue weighted by Gasteiger charge is -2.14. The van der Waals surface area contributed by atoms with Crippen LogP contribution in [0.3, 0.4) is 0 Å². The topological polar surface area (TPSA) is 89.7 Å². The molecule has 0 bridgehead atoms. The third kappa shape index (κ3) is 4.06. The maximum atomic E-state index is 12.9. The molecule has 1 fully saturated rings. The smallest absolute Gasteiger partial charge is 0.293 e. The van der Waals surface area contributed by atoms with Crippen molar-refractivity contribution in [2.75, 3.05) is 6.61 Å². The van der Waals surface area contributed by atoms with Gasteiger partial charge in [0.05, 0.1) is 11.4 Å². The first-order chi connectivity index (χ1) is 14.5. The summed E-state index contributed by atoms with van der Waals surface area (Å²) in [5.74, 6) is -0.542. The van der Waals surface area contributed by atoms with Crippen LogP contribution >= 0.6 is 11.8 Å². The standard InChI is InChI=1S/C23H18N2O4S/c24-21(26)14-29-19-11-4-2-7-16(19)12-20-22(27)25(23(28)30-20)13-17-9-5-8-15-6-1-3-10-18(15)17/h1-12H,13-14H2,(H2,24,26)/b20-12-. The molecule has 1 aliphatic heterocycles. The summed E-state index contributed by atoms with van der Waals surface area (Å²) in [5, 5.41) is 1.74. The van der Waals surface area contributed by atoms with Crippen LogP contribution in [0.2, 0.25) is 0 Å². The highest BCUT2D eigenvalue weighted by molar-refractivity contribution is 8.18. The Labute approximate surface area is 177 Å². The van der Waals surface area contributed by atoms with Crippen LogP contribution in [0.1, 0.15) is 11.1 Å². The zero-order valence-corrected chi connectivity index (χ0v) is 16.7. The minimum Gasteiger partial charge on any atom is -0.483 e. The van der Waals surface area contributed by atoms with Crippen molar-refractivity contribution < 1.29 is 19.1 Å². The van der Waals surface area contributed by atoms with Gasteiger partial charge in [0, 0.05) is 5.56 Å². The fourth-order valence-electron chi connectivity index (χ4n) is 3.26. The van der Waals surface area contributed by atoms with Crippen molar-refractivity contribution in [1.82, 2.24) is 4.90 Å². The SMILES string of the molecule is NC(=O)COc1ccccc1/C=C1\SC(=O)N(Cc2cccc3ccccc23)C1=O. The number of carbonyl (C=O) groups excluding carboxylic acids is 3. The van der Waals surface area contributed by atoms with E-state index in [-0.39, 0.29) is 24.3 Å².